The SMILES string of the molecule is Fc1ccc2c(N3CCCN(c4ccc(C(F)(F)F)cc4)CC3)ncnc2c1. The van der Waals surface area contributed by atoms with Crippen LogP contribution in [0.5, 0.6) is 0 Å². The monoisotopic (exact) mass is 390 g/mol. The Balaban J connectivity index is 1.53. The van der Waals surface area contributed by atoms with Crippen molar-refractivity contribution in [1.29, 1.82) is 0 Å². The number of rotatable bonds is 2. The summed E-state index contributed by atoms with van der Waals surface area (Å²) in [7, 11) is 0. The maximum atomic E-state index is 13.5. The molecule has 4 nitrogen and oxygen atoms in total. The summed E-state index contributed by atoms with van der Waals surface area (Å²) in [5.41, 5.74) is 0.672. The molecule has 1 aromatic heterocycles. The highest BCUT2D eigenvalue weighted by Gasteiger charge is 2.30. The van der Waals surface area contributed by atoms with E-state index in [2.05, 4.69) is 19.8 Å². The van der Waals surface area contributed by atoms with Crippen molar-refractivity contribution < 1.29 is 17.6 Å². The standard InChI is InChI=1S/C20H18F4N4/c21-15-4-7-17-18(12-15)25-13-26-19(17)28-9-1-8-27(10-11-28)16-5-2-14(3-6-16)20(22,23)24/h2-7,12-13H,1,8-11H2. The van der Waals surface area contributed by atoms with Crippen LogP contribution in [0.2, 0.25) is 0 Å². The average Bonchev–Trinajstić information content (AvgIpc) is 2.93. The average molecular weight is 390 g/mol. The van der Waals surface area contributed by atoms with Crippen molar-refractivity contribution in [2.45, 2.75) is 12.6 Å². The molecule has 8 heteroatoms. The Morgan fingerprint density at radius 3 is 2.29 bits per heavy atom. The van der Waals surface area contributed by atoms with E-state index in [4.69, 9.17) is 0 Å². The van der Waals surface area contributed by atoms with Crippen molar-refractivity contribution in [1.82, 2.24) is 9.97 Å². The van der Waals surface area contributed by atoms with Gasteiger partial charge in [-0.05, 0) is 42.8 Å². The highest BCUT2D eigenvalue weighted by molar-refractivity contribution is 5.89. The maximum Gasteiger partial charge on any atom is 0.416 e. The molecular formula is C20H18F4N4. The van der Waals surface area contributed by atoms with Gasteiger partial charge in [0, 0.05) is 43.3 Å². The van der Waals surface area contributed by atoms with Crippen molar-refractivity contribution in [3.05, 3.63) is 60.2 Å². The Hall–Kier alpha value is -2.90. The van der Waals surface area contributed by atoms with E-state index in [1.165, 1.54) is 30.6 Å². The van der Waals surface area contributed by atoms with Gasteiger partial charge in [0.25, 0.3) is 0 Å². The number of fused-ring (bicyclic) bond motifs is 1. The van der Waals surface area contributed by atoms with Gasteiger partial charge >= 0.3 is 6.18 Å². The largest absolute Gasteiger partial charge is 0.416 e. The van der Waals surface area contributed by atoms with Gasteiger partial charge in [0.1, 0.15) is 18.0 Å². The molecule has 0 amide bonds. The van der Waals surface area contributed by atoms with Crippen LogP contribution in [-0.2, 0) is 6.18 Å². The molecule has 1 aliphatic rings. The molecule has 1 saturated heterocycles. The first kappa shape index (κ1) is 18.5. The highest BCUT2D eigenvalue weighted by atomic mass is 19.4. The molecule has 2 heterocycles. The summed E-state index contributed by atoms with van der Waals surface area (Å²) in [5, 5.41) is 0.784. The third-order valence-corrected chi connectivity index (χ3v) is 4.93. The summed E-state index contributed by atoms with van der Waals surface area (Å²) >= 11 is 0. The van der Waals surface area contributed by atoms with Gasteiger partial charge in [-0.25, -0.2) is 14.4 Å². The number of hydrogen-bond acceptors (Lipinski definition) is 4. The minimum absolute atomic E-state index is 0.346. The van der Waals surface area contributed by atoms with Crippen LogP contribution >= 0.6 is 0 Å². The number of anilines is 2. The Bertz CT molecular complexity index is 972. The molecule has 0 unspecified atom stereocenters. The zero-order valence-electron chi connectivity index (χ0n) is 15.0. The van der Waals surface area contributed by atoms with Crippen molar-refractivity contribution in [2.24, 2.45) is 0 Å². The number of hydrogen-bond donors (Lipinski definition) is 0. The molecule has 1 fully saturated rings. The van der Waals surface area contributed by atoms with Crippen LogP contribution in [0.3, 0.4) is 0 Å². The van der Waals surface area contributed by atoms with Crippen molar-refractivity contribution in [3.63, 3.8) is 0 Å². The minimum atomic E-state index is -4.33. The van der Waals surface area contributed by atoms with Crippen LogP contribution in [0.15, 0.2) is 48.8 Å². The molecule has 4 rings (SSSR count). The molecule has 0 atom stereocenters. The Morgan fingerprint density at radius 2 is 1.54 bits per heavy atom. The van der Waals surface area contributed by atoms with Gasteiger partial charge < -0.3 is 9.80 Å². The second-order valence-corrected chi connectivity index (χ2v) is 6.73. The lowest BCUT2D eigenvalue weighted by atomic mass is 10.2. The lowest BCUT2D eigenvalue weighted by Gasteiger charge is -2.25. The molecule has 0 saturated carbocycles. The van der Waals surface area contributed by atoms with Gasteiger partial charge in [-0.3, -0.25) is 0 Å². The number of aromatic nitrogens is 2. The Kier molecular flexibility index (Phi) is 4.78. The van der Waals surface area contributed by atoms with Crippen molar-refractivity contribution in [2.75, 3.05) is 36.0 Å². The molecule has 0 spiro atoms. The summed E-state index contributed by atoms with van der Waals surface area (Å²) in [4.78, 5) is 12.7. The molecule has 3 aromatic rings. The van der Waals surface area contributed by atoms with E-state index in [-0.39, 0.29) is 5.82 Å². The fourth-order valence-electron chi connectivity index (χ4n) is 3.52. The summed E-state index contributed by atoms with van der Waals surface area (Å²) in [6.07, 6.45) is -2.08. The lowest BCUT2D eigenvalue weighted by molar-refractivity contribution is -0.137. The minimum Gasteiger partial charge on any atom is -0.370 e. The molecule has 146 valence electrons. The van der Waals surface area contributed by atoms with E-state index in [1.807, 2.05) is 0 Å². The predicted molar refractivity (Wildman–Crippen MR) is 100.0 cm³/mol. The van der Waals surface area contributed by atoms with Gasteiger partial charge in [-0.2, -0.15) is 13.2 Å². The van der Waals surface area contributed by atoms with Crippen LogP contribution in [0.1, 0.15) is 12.0 Å². The lowest BCUT2D eigenvalue weighted by Crippen LogP contribution is -2.31. The Labute approximate surface area is 159 Å². The summed E-state index contributed by atoms with van der Waals surface area (Å²) < 4.78 is 51.8. The second-order valence-electron chi connectivity index (χ2n) is 6.73. The normalized spacial score (nSPS) is 15.7. The molecule has 2 aromatic carbocycles. The van der Waals surface area contributed by atoms with Gasteiger partial charge in [-0.1, -0.05) is 0 Å². The fourth-order valence-corrected chi connectivity index (χ4v) is 3.52. The fraction of sp³-hybridized carbons (Fsp3) is 0.300. The predicted octanol–water partition coefficient (Wildman–Crippen LogP) is 4.50. The first-order chi connectivity index (χ1) is 13.4. The third kappa shape index (κ3) is 3.72. The molecular weight excluding hydrogens is 372 g/mol. The number of halogens is 4. The van der Waals surface area contributed by atoms with E-state index in [9.17, 15) is 17.6 Å². The molecule has 1 aliphatic heterocycles. The van der Waals surface area contributed by atoms with E-state index in [1.54, 1.807) is 6.07 Å². The molecule has 0 aliphatic carbocycles. The van der Waals surface area contributed by atoms with Gasteiger partial charge in [-0.15, -0.1) is 0 Å². The van der Waals surface area contributed by atoms with Crippen LogP contribution in [0.4, 0.5) is 29.1 Å². The summed E-state index contributed by atoms with van der Waals surface area (Å²) in [6, 6.07) is 9.71. The topological polar surface area (TPSA) is 32.3 Å². The van der Waals surface area contributed by atoms with Gasteiger partial charge in [0.05, 0.1) is 11.1 Å². The zero-order chi connectivity index (χ0) is 19.7. The smallest absolute Gasteiger partial charge is 0.370 e. The molecule has 28 heavy (non-hydrogen) atoms. The van der Waals surface area contributed by atoms with Crippen LogP contribution in [0, 0.1) is 5.82 Å². The molecule has 0 bridgehead atoms. The summed E-state index contributed by atoms with van der Waals surface area (Å²) in [6.45, 7) is 2.79. The Morgan fingerprint density at radius 1 is 0.821 bits per heavy atom. The van der Waals surface area contributed by atoms with Crippen LogP contribution in [0.25, 0.3) is 10.9 Å². The van der Waals surface area contributed by atoms with E-state index in [0.29, 0.717) is 18.6 Å². The van der Waals surface area contributed by atoms with E-state index < -0.39 is 11.7 Å². The number of benzene rings is 2. The first-order valence-corrected chi connectivity index (χ1v) is 8.99. The van der Waals surface area contributed by atoms with Crippen LogP contribution in [-0.4, -0.2) is 36.1 Å². The van der Waals surface area contributed by atoms with Gasteiger partial charge in [0.2, 0.25) is 0 Å². The number of alkyl halides is 3. The molecule has 0 N–H and O–H groups in total. The second kappa shape index (κ2) is 7.26. The van der Waals surface area contributed by atoms with Crippen molar-refractivity contribution in [3.8, 4) is 0 Å². The quantitative estimate of drug-likeness (QED) is 0.603. The zero-order valence-corrected chi connectivity index (χ0v) is 15.0. The van der Waals surface area contributed by atoms with E-state index >= 15 is 0 Å². The first-order valence-electron chi connectivity index (χ1n) is 8.99. The highest BCUT2D eigenvalue weighted by Crippen LogP contribution is 2.31. The number of nitrogens with zero attached hydrogens (tertiary/aromatic N) is 4. The summed E-state index contributed by atoms with van der Waals surface area (Å²) in [5.74, 6) is 0.403. The molecule has 0 radical (unpaired) electrons. The third-order valence-electron chi connectivity index (χ3n) is 4.93. The maximum absolute atomic E-state index is 13.5. The van der Waals surface area contributed by atoms with E-state index in [0.717, 1.165) is 48.5 Å². The van der Waals surface area contributed by atoms with Crippen LogP contribution < -0.4 is 9.80 Å². The van der Waals surface area contributed by atoms with Crippen molar-refractivity contribution >= 4 is 22.4 Å². The van der Waals surface area contributed by atoms with Gasteiger partial charge in [0.15, 0.2) is 0 Å².